The summed E-state index contributed by atoms with van der Waals surface area (Å²) < 4.78 is 5.73. The zero-order valence-electron chi connectivity index (χ0n) is 12.6. The lowest BCUT2D eigenvalue weighted by atomic mass is 9.87. The highest BCUT2D eigenvalue weighted by molar-refractivity contribution is 5.77. The van der Waals surface area contributed by atoms with E-state index in [4.69, 9.17) is 4.74 Å². The molecule has 1 unspecified atom stereocenters. The van der Waals surface area contributed by atoms with Gasteiger partial charge in [0, 0.05) is 20.1 Å². The molecule has 0 radical (unpaired) electrons. The summed E-state index contributed by atoms with van der Waals surface area (Å²) in [5.74, 6) is 0.849. The second kappa shape index (κ2) is 6.75. The van der Waals surface area contributed by atoms with Gasteiger partial charge in [-0.3, -0.25) is 4.79 Å². The van der Waals surface area contributed by atoms with Gasteiger partial charge in [0.2, 0.25) is 0 Å². The van der Waals surface area contributed by atoms with Crippen LogP contribution in [0.25, 0.3) is 0 Å². The molecule has 0 saturated carbocycles. The highest BCUT2D eigenvalue weighted by Gasteiger charge is 2.22. The Labute approximate surface area is 121 Å². The highest BCUT2D eigenvalue weighted by atomic mass is 16.5. The average Bonchev–Trinajstić information content (AvgIpc) is 2.45. The molecule has 1 atom stereocenters. The Balaban J connectivity index is 2.15. The summed E-state index contributed by atoms with van der Waals surface area (Å²) in [7, 11) is 3.49. The van der Waals surface area contributed by atoms with Gasteiger partial charge in [-0.25, -0.2) is 0 Å². The number of rotatable bonds is 5. The van der Waals surface area contributed by atoms with Crippen LogP contribution in [0.5, 0.6) is 5.75 Å². The first kappa shape index (κ1) is 14.9. The van der Waals surface area contributed by atoms with Crippen LogP contribution in [0.4, 0.5) is 0 Å². The van der Waals surface area contributed by atoms with E-state index in [0.29, 0.717) is 6.04 Å². The number of benzene rings is 1. The topological polar surface area (TPSA) is 41.6 Å². The quantitative estimate of drug-likeness (QED) is 0.896. The number of ether oxygens (including phenoxy) is 1. The molecule has 2 rings (SSSR count). The Hall–Kier alpha value is -1.55. The predicted octanol–water partition coefficient (Wildman–Crippen LogP) is 2.14. The van der Waals surface area contributed by atoms with E-state index in [2.05, 4.69) is 18.3 Å². The van der Waals surface area contributed by atoms with Crippen molar-refractivity contribution in [3.05, 3.63) is 29.3 Å². The maximum atomic E-state index is 11.6. The fraction of sp³-hybridized carbons (Fsp3) is 0.562. The normalized spacial score (nSPS) is 17.4. The molecule has 20 heavy (non-hydrogen) atoms. The number of carbonyl (C=O) groups is 1. The van der Waals surface area contributed by atoms with Crippen LogP contribution in [-0.2, 0) is 11.2 Å². The van der Waals surface area contributed by atoms with Crippen LogP contribution in [-0.4, -0.2) is 38.1 Å². The van der Waals surface area contributed by atoms with Crippen molar-refractivity contribution in [2.45, 2.75) is 32.2 Å². The van der Waals surface area contributed by atoms with E-state index >= 15 is 0 Å². The number of carbonyl (C=O) groups excluding carboxylic acids is 1. The summed E-state index contributed by atoms with van der Waals surface area (Å²) in [4.78, 5) is 13.2. The Morgan fingerprint density at radius 3 is 2.95 bits per heavy atom. The van der Waals surface area contributed by atoms with Crippen molar-refractivity contribution in [3.8, 4) is 5.75 Å². The van der Waals surface area contributed by atoms with Gasteiger partial charge in [0.05, 0.1) is 0 Å². The smallest absolute Gasteiger partial charge is 0.259 e. The third-order valence-electron chi connectivity index (χ3n) is 3.76. The molecule has 110 valence electrons. The van der Waals surface area contributed by atoms with Gasteiger partial charge in [0.1, 0.15) is 5.75 Å². The minimum atomic E-state index is -0.0124. The second-order valence-corrected chi connectivity index (χ2v) is 5.40. The van der Waals surface area contributed by atoms with Gasteiger partial charge in [-0.1, -0.05) is 19.1 Å². The molecule has 4 nitrogen and oxygen atoms in total. The number of likely N-dealkylation sites (N-methyl/N-ethyl adjacent to an activating group) is 1. The lowest BCUT2D eigenvalue weighted by Crippen LogP contribution is -2.28. The van der Waals surface area contributed by atoms with Crippen LogP contribution in [0, 0.1) is 0 Å². The van der Waals surface area contributed by atoms with E-state index in [1.807, 2.05) is 12.1 Å². The summed E-state index contributed by atoms with van der Waals surface area (Å²) in [6.07, 6.45) is 3.36. The third kappa shape index (κ3) is 3.31. The Kier molecular flexibility index (Phi) is 5.01. The number of hydrogen-bond acceptors (Lipinski definition) is 3. The van der Waals surface area contributed by atoms with Gasteiger partial charge < -0.3 is 15.0 Å². The molecule has 0 aromatic heterocycles. The van der Waals surface area contributed by atoms with Crippen LogP contribution >= 0.6 is 0 Å². The first-order valence-corrected chi connectivity index (χ1v) is 7.31. The second-order valence-electron chi connectivity index (χ2n) is 5.40. The molecular weight excluding hydrogens is 252 g/mol. The standard InChI is InChI=1S/C16H24N2O2/c1-4-17-14-9-5-8-13-12(14)7-6-10-15(13)20-11-16(19)18(2)3/h6-7,10,14,17H,4-5,8-9,11H2,1-3H3. The van der Waals surface area contributed by atoms with Gasteiger partial charge in [0.25, 0.3) is 5.91 Å². The number of hydrogen-bond donors (Lipinski definition) is 1. The van der Waals surface area contributed by atoms with Crippen LogP contribution in [0.3, 0.4) is 0 Å². The largest absolute Gasteiger partial charge is 0.483 e. The van der Waals surface area contributed by atoms with Crippen molar-refractivity contribution in [2.75, 3.05) is 27.2 Å². The van der Waals surface area contributed by atoms with E-state index in [9.17, 15) is 4.79 Å². The molecule has 0 fully saturated rings. The van der Waals surface area contributed by atoms with Gasteiger partial charge in [-0.2, -0.15) is 0 Å². The molecule has 1 aliphatic carbocycles. The van der Waals surface area contributed by atoms with Crippen molar-refractivity contribution in [1.82, 2.24) is 10.2 Å². The Morgan fingerprint density at radius 2 is 2.25 bits per heavy atom. The average molecular weight is 276 g/mol. The fourth-order valence-electron chi connectivity index (χ4n) is 2.68. The molecule has 4 heteroatoms. The number of nitrogens with one attached hydrogen (secondary N) is 1. The summed E-state index contributed by atoms with van der Waals surface area (Å²) in [5.41, 5.74) is 2.59. The SMILES string of the molecule is CCNC1CCCc2c(OCC(=O)N(C)C)cccc21. The minimum absolute atomic E-state index is 0.0124. The third-order valence-corrected chi connectivity index (χ3v) is 3.76. The molecule has 0 spiro atoms. The zero-order chi connectivity index (χ0) is 14.5. The molecule has 0 heterocycles. The van der Waals surface area contributed by atoms with Crippen LogP contribution in [0.15, 0.2) is 18.2 Å². The summed E-state index contributed by atoms with van der Waals surface area (Å²) in [6.45, 7) is 3.20. The Bertz CT molecular complexity index is 472. The maximum absolute atomic E-state index is 11.6. The number of nitrogens with zero attached hydrogens (tertiary/aromatic N) is 1. The molecule has 0 bridgehead atoms. The van der Waals surface area contributed by atoms with E-state index in [1.54, 1.807) is 19.0 Å². The van der Waals surface area contributed by atoms with Gasteiger partial charge >= 0.3 is 0 Å². The van der Waals surface area contributed by atoms with Crippen LogP contribution in [0.2, 0.25) is 0 Å². The molecule has 0 aliphatic heterocycles. The lowest BCUT2D eigenvalue weighted by molar-refractivity contribution is -0.130. The van der Waals surface area contributed by atoms with Crippen molar-refractivity contribution < 1.29 is 9.53 Å². The van der Waals surface area contributed by atoms with Crippen molar-refractivity contribution in [1.29, 1.82) is 0 Å². The summed E-state index contributed by atoms with van der Waals surface area (Å²) in [6, 6.07) is 6.57. The predicted molar refractivity (Wildman–Crippen MR) is 80.0 cm³/mol. The van der Waals surface area contributed by atoms with Gasteiger partial charge in [0.15, 0.2) is 6.61 Å². The van der Waals surface area contributed by atoms with Crippen molar-refractivity contribution in [3.63, 3.8) is 0 Å². The first-order valence-electron chi connectivity index (χ1n) is 7.31. The summed E-state index contributed by atoms with van der Waals surface area (Å²) >= 11 is 0. The fourth-order valence-corrected chi connectivity index (χ4v) is 2.68. The van der Waals surface area contributed by atoms with E-state index in [0.717, 1.165) is 25.1 Å². The molecule has 1 aromatic rings. The Morgan fingerprint density at radius 1 is 1.45 bits per heavy atom. The number of amides is 1. The lowest BCUT2D eigenvalue weighted by Gasteiger charge is -2.27. The monoisotopic (exact) mass is 276 g/mol. The molecule has 1 aliphatic rings. The summed E-state index contributed by atoms with van der Waals surface area (Å²) in [5, 5.41) is 3.52. The molecule has 1 aromatic carbocycles. The van der Waals surface area contributed by atoms with Crippen LogP contribution < -0.4 is 10.1 Å². The first-order chi connectivity index (χ1) is 9.63. The van der Waals surface area contributed by atoms with Gasteiger partial charge in [-0.15, -0.1) is 0 Å². The zero-order valence-corrected chi connectivity index (χ0v) is 12.6. The molecule has 0 saturated heterocycles. The molecular formula is C16H24N2O2. The highest BCUT2D eigenvalue weighted by Crippen LogP contribution is 2.35. The van der Waals surface area contributed by atoms with Gasteiger partial charge in [-0.05, 0) is 43.0 Å². The van der Waals surface area contributed by atoms with E-state index < -0.39 is 0 Å². The molecule has 1 amide bonds. The number of fused-ring (bicyclic) bond motifs is 1. The van der Waals surface area contributed by atoms with Crippen molar-refractivity contribution >= 4 is 5.91 Å². The minimum Gasteiger partial charge on any atom is -0.483 e. The molecule has 1 N–H and O–H groups in total. The van der Waals surface area contributed by atoms with Crippen LogP contribution in [0.1, 0.15) is 36.9 Å². The maximum Gasteiger partial charge on any atom is 0.259 e. The van der Waals surface area contributed by atoms with E-state index in [1.165, 1.54) is 17.5 Å². The van der Waals surface area contributed by atoms with E-state index in [-0.39, 0.29) is 12.5 Å². The van der Waals surface area contributed by atoms with Crippen molar-refractivity contribution in [2.24, 2.45) is 0 Å².